The summed E-state index contributed by atoms with van der Waals surface area (Å²) in [6, 6.07) is 7.04. The summed E-state index contributed by atoms with van der Waals surface area (Å²) in [6.45, 7) is 0.477. The second-order valence-electron chi connectivity index (χ2n) is 3.76. The van der Waals surface area contributed by atoms with Crippen LogP contribution in [0.25, 0.3) is 0 Å². The number of pyridine rings is 2. The highest BCUT2D eigenvalue weighted by Crippen LogP contribution is 2.07. The number of hydrazine groups is 1. The lowest BCUT2D eigenvalue weighted by Gasteiger charge is -2.07. The highest BCUT2D eigenvalue weighted by atomic mass is 16.5. The number of nitrogens with zero attached hydrogens (tertiary/aromatic N) is 2. The Morgan fingerprint density at radius 2 is 2.26 bits per heavy atom. The lowest BCUT2D eigenvalue weighted by molar-refractivity contribution is 0.0932. The van der Waals surface area contributed by atoms with Gasteiger partial charge in [-0.1, -0.05) is 0 Å². The SMILES string of the molecule is COc1cc(CNNC(=O)c2cccnc2)ccn1. The van der Waals surface area contributed by atoms with Gasteiger partial charge in [0.15, 0.2) is 0 Å². The van der Waals surface area contributed by atoms with Gasteiger partial charge in [0, 0.05) is 31.2 Å². The molecule has 0 aliphatic carbocycles. The van der Waals surface area contributed by atoms with Crippen molar-refractivity contribution in [2.45, 2.75) is 6.54 Å². The molecule has 0 bridgehead atoms. The van der Waals surface area contributed by atoms with Crippen LogP contribution in [-0.4, -0.2) is 23.0 Å². The van der Waals surface area contributed by atoms with Crippen molar-refractivity contribution in [1.82, 2.24) is 20.8 Å². The van der Waals surface area contributed by atoms with Gasteiger partial charge in [0.25, 0.3) is 5.91 Å². The monoisotopic (exact) mass is 258 g/mol. The average Bonchev–Trinajstić information content (AvgIpc) is 2.48. The summed E-state index contributed by atoms with van der Waals surface area (Å²) in [5.74, 6) is 0.312. The minimum atomic E-state index is -0.228. The summed E-state index contributed by atoms with van der Waals surface area (Å²) in [5.41, 5.74) is 6.89. The summed E-state index contributed by atoms with van der Waals surface area (Å²) in [7, 11) is 1.56. The van der Waals surface area contributed by atoms with Crippen LogP contribution < -0.4 is 15.6 Å². The molecule has 2 aromatic rings. The highest BCUT2D eigenvalue weighted by Gasteiger charge is 2.03. The normalized spacial score (nSPS) is 9.95. The molecular formula is C13H14N4O2. The van der Waals surface area contributed by atoms with Crippen molar-refractivity contribution < 1.29 is 9.53 Å². The lowest BCUT2D eigenvalue weighted by atomic mass is 10.2. The Labute approximate surface area is 110 Å². The third-order valence-corrected chi connectivity index (χ3v) is 2.43. The minimum Gasteiger partial charge on any atom is -0.481 e. The maximum Gasteiger partial charge on any atom is 0.266 e. The van der Waals surface area contributed by atoms with Crippen LogP contribution >= 0.6 is 0 Å². The molecule has 6 nitrogen and oxygen atoms in total. The molecule has 2 N–H and O–H groups in total. The van der Waals surface area contributed by atoms with Crippen molar-refractivity contribution in [2.75, 3.05) is 7.11 Å². The van der Waals surface area contributed by atoms with Gasteiger partial charge < -0.3 is 4.74 Å². The van der Waals surface area contributed by atoms with Crippen LogP contribution in [-0.2, 0) is 6.54 Å². The van der Waals surface area contributed by atoms with Gasteiger partial charge >= 0.3 is 0 Å². The number of carbonyl (C=O) groups is 1. The summed E-state index contributed by atoms with van der Waals surface area (Å²) in [4.78, 5) is 19.6. The number of nitrogens with one attached hydrogen (secondary N) is 2. The minimum absolute atomic E-state index is 0.228. The van der Waals surface area contributed by atoms with E-state index in [0.717, 1.165) is 5.56 Å². The second-order valence-corrected chi connectivity index (χ2v) is 3.76. The van der Waals surface area contributed by atoms with E-state index in [2.05, 4.69) is 20.8 Å². The molecular weight excluding hydrogens is 244 g/mol. The first-order valence-corrected chi connectivity index (χ1v) is 5.72. The molecule has 0 aromatic carbocycles. The molecule has 0 aliphatic rings. The zero-order chi connectivity index (χ0) is 13.5. The van der Waals surface area contributed by atoms with E-state index in [1.54, 1.807) is 37.7 Å². The number of rotatable bonds is 5. The van der Waals surface area contributed by atoms with Crippen LogP contribution in [0.2, 0.25) is 0 Å². The zero-order valence-corrected chi connectivity index (χ0v) is 10.5. The van der Waals surface area contributed by atoms with Crippen LogP contribution in [0.15, 0.2) is 42.9 Å². The number of ether oxygens (including phenoxy) is 1. The molecule has 0 fully saturated rings. The maximum atomic E-state index is 11.7. The maximum absolute atomic E-state index is 11.7. The Hall–Kier alpha value is -2.47. The van der Waals surface area contributed by atoms with Gasteiger partial charge in [-0.05, 0) is 23.8 Å². The van der Waals surface area contributed by atoms with Crippen molar-refractivity contribution in [1.29, 1.82) is 0 Å². The van der Waals surface area contributed by atoms with Crippen LogP contribution in [0, 0.1) is 0 Å². The average molecular weight is 258 g/mol. The molecule has 98 valence electrons. The smallest absolute Gasteiger partial charge is 0.266 e. The molecule has 1 amide bonds. The van der Waals surface area contributed by atoms with Gasteiger partial charge in [0.1, 0.15) is 0 Å². The van der Waals surface area contributed by atoms with Crippen molar-refractivity contribution in [2.24, 2.45) is 0 Å². The highest BCUT2D eigenvalue weighted by molar-refractivity contribution is 5.93. The Kier molecular flexibility index (Phi) is 4.41. The number of aromatic nitrogens is 2. The molecule has 0 spiro atoms. The van der Waals surface area contributed by atoms with Gasteiger partial charge in [-0.2, -0.15) is 0 Å². The fraction of sp³-hybridized carbons (Fsp3) is 0.154. The molecule has 6 heteroatoms. The number of amides is 1. The standard InChI is InChI=1S/C13H14N4O2/c1-19-12-7-10(4-6-15-12)8-16-17-13(18)11-3-2-5-14-9-11/h2-7,9,16H,8H2,1H3,(H,17,18). The summed E-state index contributed by atoms with van der Waals surface area (Å²) >= 11 is 0. The fourth-order valence-corrected chi connectivity index (χ4v) is 1.47. The molecule has 0 saturated carbocycles. The molecule has 0 saturated heterocycles. The Balaban J connectivity index is 1.85. The van der Waals surface area contributed by atoms with E-state index >= 15 is 0 Å². The van der Waals surface area contributed by atoms with Crippen LogP contribution in [0.1, 0.15) is 15.9 Å². The van der Waals surface area contributed by atoms with Crippen LogP contribution in [0.4, 0.5) is 0 Å². The molecule has 2 heterocycles. The topological polar surface area (TPSA) is 76.1 Å². The number of hydrogen-bond acceptors (Lipinski definition) is 5. The molecule has 0 atom stereocenters. The fourth-order valence-electron chi connectivity index (χ4n) is 1.47. The quantitative estimate of drug-likeness (QED) is 0.780. The first kappa shape index (κ1) is 13.0. The van der Waals surface area contributed by atoms with Crippen molar-refractivity contribution in [3.63, 3.8) is 0 Å². The summed E-state index contributed by atoms with van der Waals surface area (Å²) in [6.07, 6.45) is 4.78. The van der Waals surface area contributed by atoms with Crippen molar-refractivity contribution >= 4 is 5.91 Å². The van der Waals surface area contributed by atoms with E-state index in [-0.39, 0.29) is 5.91 Å². The van der Waals surface area contributed by atoms with E-state index in [4.69, 9.17) is 4.74 Å². The third-order valence-electron chi connectivity index (χ3n) is 2.43. The van der Waals surface area contributed by atoms with E-state index < -0.39 is 0 Å². The summed E-state index contributed by atoms with van der Waals surface area (Å²) in [5, 5.41) is 0. The molecule has 2 aromatic heterocycles. The van der Waals surface area contributed by atoms with Crippen molar-refractivity contribution in [3.8, 4) is 5.88 Å². The molecule has 19 heavy (non-hydrogen) atoms. The number of carbonyl (C=O) groups excluding carboxylic acids is 1. The number of hydrogen-bond donors (Lipinski definition) is 2. The van der Waals surface area contributed by atoms with Gasteiger partial charge in [0.05, 0.1) is 12.7 Å². The third kappa shape index (κ3) is 3.75. The van der Waals surface area contributed by atoms with Crippen LogP contribution in [0.5, 0.6) is 5.88 Å². The first-order chi connectivity index (χ1) is 9.29. The molecule has 0 aliphatic heterocycles. The van der Waals surface area contributed by atoms with E-state index in [9.17, 15) is 4.79 Å². The Bertz CT molecular complexity index is 545. The van der Waals surface area contributed by atoms with Gasteiger partial charge in [-0.3, -0.25) is 15.2 Å². The molecule has 0 unspecified atom stereocenters. The summed E-state index contributed by atoms with van der Waals surface area (Å²) < 4.78 is 5.02. The Morgan fingerprint density at radius 3 is 3.00 bits per heavy atom. The van der Waals surface area contributed by atoms with E-state index in [1.807, 2.05) is 6.07 Å². The predicted molar refractivity (Wildman–Crippen MR) is 69.3 cm³/mol. The van der Waals surface area contributed by atoms with Gasteiger partial charge in [0.2, 0.25) is 5.88 Å². The van der Waals surface area contributed by atoms with Gasteiger partial charge in [-0.15, -0.1) is 0 Å². The molecule has 0 radical (unpaired) electrons. The van der Waals surface area contributed by atoms with Gasteiger partial charge in [-0.25, -0.2) is 10.4 Å². The largest absolute Gasteiger partial charge is 0.481 e. The van der Waals surface area contributed by atoms with E-state index in [1.165, 1.54) is 6.20 Å². The Morgan fingerprint density at radius 1 is 1.37 bits per heavy atom. The number of methoxy groups -OCH3 is 1. The first-order valence-electron chi connectivity index (χ1n) is 5.72. The predicted octanol–water partition coefficient (Wildman–Crippen LogP) is 0.920. The molecule has 2 rings (SSSR count). The lowest BCUT2D eigenvalue weighted by Crippen LogP contribution is -2.36. The van der Waals surface area contributed by atoms with Crippen molar-refractivity contribution in [3.05, 3.63) is 54.0 Å². The zero-order valence-electron chi connectivity index (χ0n) is 10.5. The second kappa shape index (κ2) is 6.46. The van der Waals surface area contributed by atoms with E-state index in [0.29, 0.717) is 18.0 Å². The van der Waals surface area contributed by atoms with Crippen LogP contribution in [0.3, 0.4) is 0 Å².